The van der Waals surface area contributed by atoms with E-state index in [1.807, 2.05) is 10.3 Å². The van der Waals surface area contributed by atoms with Crippen LogP contribution in [0, 0.1) is 56.2 Å². The number of carboxylic acids is 1. The van der Waals surface area contributed by atoms with E-state index in [0.717, 1.165) is 61.9 Å². The number of aromatic nitrogens is 1. The highest BCUT2D eigenvalue weighted by Crippen LogP contribution is 2.77. The number of carbonyl (C=O) groups excluding carboxylic acids is 3. The molecule has 5 aliphatic carbocycles. The summed E-state index contributed by atoms with van der Waals surface area (Å²) in [5.41, 5.74) is -0.00957. The molecule has 11 heteroatoms. The Morgan fingerprint density at radius 2 is 1.68 bits per heavy atom. The second kappa shape index (κ2) is 14.9. The molecule has 1 aromatic heterocycles. The molecule has 0 aromatic carbocycles. The lowest BCUT2D eigenvalue weighted by molar-refractivity contribution is -0.235. The van der Waals surface area contributed by atoms with Crippen LogP contribution in [-0.2, 0) is 30.5 Å². The monoisotopic (exact) mass is 795 g/mol. The van der Waals surface area contributed by atoms with Crippen LogP contribution in [0.5, 0.6) is 0 Å². The minimum atomic E-state index is -1.18. The van der Waals surface area contributed by atoms with Crippen molar-refractivity contribution in [2.45, 2.75) is 145 Å². The van der Waals surface area contributed by atoms with Gasteiger partial charge in [0.05, 0.1) is 31.0 Å². The Hall–Kier alpha value is -2.63. The maximum absolute atomic E-state index is 14.3. The molecular formula is C45H69N3O7S. The van der Waals surface area contributed by atoms with Crippen molar-refractivity contribution < 1.29 is 34.1 Å². The first-order valence-corrected chi connectivity index (χ1v) is 22.0. The van der Waals surface area contributed by atoms with Gasteiger partial charge in [0.25, 0.3) is 0 Å². The summed E-state index contributed by atoms with van der Waals surface area (Å²) in [6.07, 6.45) is 8.31. The number of ether oxygens (including phenoxy) is 1. The highest BCUT2D eigenvalue weighted by molar-refractivity contribution is 7.09. The summed E-state index contributed by atoms with van der Waals surface area (Å²) in [4.78, 5) is 60.3. The fraction of sp³-hybridized carbons (Fsp3) is 0.800. The van der Waals surface area contributed by atoms with Gasteiger partial charge in [-0.05, 0) is 111 Å². The molecule has 312 valence electrons. The topological polar surface area (TPSA) is 137 Å². The molecule has 0 bridgehead atoms. The fourth-order valence-electron chi connectivity index (χ4n) is 13.4. The van der Waals surface area contributed by atoms with E-state index in [9.17, 15) is 29.4 Å². The molecule has 1 aromatic rings. The Kier molecular flexibility index (Phi) is 11.4. The number of rotatable bonds is 12. The summed E-state index contributed by atoms with van der Waals surface area (Å²) in [6.45, 7) is 20.4. The highest BCUT2D eigenvalue weighted by atomic mass is 32.1. The average molecular weight is 796 g/mol. The van der Waals surface area contributed by atoms with E-state index in [-0.39, 0.29) is 64.3 Å². The molecule has 4 fully saturated rings. The van der Waals surface area contributed by atoms with Gasteiger partial charge in [0.2, 0.25) is 5.91 Å². The van der Waals surface area contributed by atoms with Crippen molar-refractivity contribution >= 4 is 35.0 Å². The minimum Gasteiger partial charge on any atom is -0.481 e. The summed E-state index contributed by atoms with van der Waals surface area (Å²) in [6, 6.07) is 0. The van der Waals surface area contributed by atoms with Crippen LogP contribution in [0.3, 0.4) is 0 Å². The van der Waals surface area contributed by atoms with Crippen LogP contribution in [0.1, 0.15) is 132 Å². The second-order valence-electron chi connectivity index (χ2n) is 21.0. The first-order chi connectivity index (χ1) is 25.9. The number of likely N-dealkylation sites (N-methyl/N-ethyl adjacent to an activating group) is 1. The van der Waals surface area contributed by atoms with E-state index in [1.165, 1.54) is 5.57 Å². The third-order valence-electron chi connectivity index (χ3n) is 16.6. The average Bonchev–Trinajstić information content (AvgIpc) is 3.71. The van der Waals surface area contributed by atoms with Crippen LogP contribution in [0.15, 0.2) is 22.7 Å². The van der Waals surface area contributed by atoms with Crippen molar-refractivity contribution in [2.75, 3.05) is 27.2 Å². The summed E-state index contributed by atoms with van der Waals surface area (Å²) in [5, 5.41) is 25.0. The van der Waals surface area contributed by atoms with Crippen molar-refractivity contribution in [1.29, 1.82) is 0 Å². The van der Waals surface area contributed by atoms with E-state index in [2.05, 4.69) is 53.5 Å². The third kappa shape index (κ3) is 6.91. The smallest absolute Gasteiger partial charge is 0.309 e. The van der Waals surface area contributed by atoms with Gasteiger partial charge in [-0.15, -0.1) is 11.3 Å². The molecule has 1 amide bonds. The summed E-state index contributed by atoms with van der Waals surface area (Å²) >= 11 is 1.54. The maximum Gasteiger partial charge on any atom is 0.309 e. The predicted molar refractivity (Wildman–Crippen MR) is 217 cm³/mol. The molecule has 9 atom stereocenters. The molecule has 0 saturated heterocycles. The van der Waals surface area contributed by atoms with Crippen LogP contribution in [0.25, 0.3) is 0 Å². The van der Waals surface area contributed by atoms with Crippen molar-refractivity contribution in [2.24, 2.45) is 56.2 Å². The van der Waals surface area contributed by atoms with Crippen LogP contribution in [-0.4, -0.2) is 88.0 Å². The minimum absolute atomic E-state index is 0.000876. The lowest BCUT2D eigenvalue weighted by Crippen LogP contribution is -2.66. The highest BCUT2D eigenvalue weighted by Gasteiger charge is 2.71. The van der Waals surface area contributed by atoms with Gasteiger partial charge in [0.1, 0.15) is 11.1 Å². The largest absolute Gasteiger partial charge is 0.481 e. The predicted octanol–water partition coefficient (Wildman–Crippen LogP) is 7.79. The van der Waals surface area contributed by atoms with Crippen LogP contribution >= 0.6 is 11.3 Å². The normalized spacial score (nSPS) is 35.7. The SMILES string of the molecule is CC(C)C1=C2[C@H]3CC[C@@H]4[C@@]5(C)CC[C@H](OC(=O)CC(C)(C)C(=O)O)C(C)(C)[C@H]5CC[C@@]4(C)[C@]3(C)CCC2(C(O)CN(CC(=O)N(C)C)Cc2nccs2)CC1=O. The number of aliphatic carboxylic acids is 1. The zero-order chi connectivity index (χ0) is 41.4. The van der Waals surface area contributed by atoms with Gasteiger partial charge in [-0.1, -0.05) is 54.0 Å². The van der Waals surface area contributed by atoms with Gasteiger partial charge >= 0.3 is 11.9 Å². The number of aliphatic hydroxyl groups excluding tert-OH is 1. The number of fused-ring (bicyclic) bond motifs is 7. The fourth-order valence-corrected chi connectivity index (χ4v) is 14.0. The lowest BCUT2D eigenvalue weighted by atomic mass is 9.33. The quantitative estimate of drug-likeness (QED) is 0.203. The third-order valence-corrected chi connectivity index (χ3v) is 17.4. The van der Waals surface area contributed by atoms with Gasteiger partial charge in [0.15, 0.2) is 5.78 Å². The standard InChI is InChI=1S/C45H69N3O7S/c1-27(2)37-29(49)22-45(32(50)24-48(26-35(51)47(10)11)25-34-46-20-21-56-34)19-18-43(8)28(38(37)45)12-13-31-42(7)16-15-33(55-36(52)23-40(3,4)39(53)54)41(5,6)30(42)14-17-44(31,43)9/h20-21,27-28,30-33,50H,12-19,22-26H2,1-11H3,(H,53,54)/t28-,30-,31-,32?,33+,42+,43-,44-,45?/m1/s1. The summed E-state index contributed by atoms with van der Waals surface area (Å²) in [7, 11) is 3.51. The van der Waals surface area contributed by atoms with Crippen LogP contribution in [0.2, 0.25) is 0 Å². The molecule has 0 aliphatic heterocycles. The van der Waals surface area contributed by atoms with E-state index in [4.69, 9.17) is 4.74 Å². The molecule has 2 N–H and O–H groups in total. The van der Waals surface area contributed by atoms with Crippen molar-refractivity contribution in [3.63, 3.8) is 0 Å². The number of carboxylic acid groups (broad SMARTS) is 1. The van der Waals surface area contributed by atoms with Gasteiger partial charge in [-0.2, -0.15) is 0 Å². The molecule has 0 radical (unpaired) electrons. The Balaban J connectivity index is 1.29. The van der Waals surface area contributed by atoms with Gasteiger partial charge in [0, 0.05) is 49.5 Å². The molecule has 56 heavy (non-hydrogen) atoms. The van der Waals surface area contributed by atoms with Gasteiger partial charge < -0.3 is 19.8 Å². The molecule has 2 unspecified atom stereocenters. The number of thiazole rings is 1. The number of amides is 1. The lowest BCUT2D eigenvalue weighted by Gasteiger charge is -2.72. The molecular weight excluding hydrogens is 727 g/mol. The Morgan fingerprint density at radius 3 is 2.29 bits per heavy atom. The molecule has 0 spiro atoms. The number of aliphatic hydroxyl groups is 1. The van der Waals surface area contributed by atoms with Crippen LogP contribution in [0.4, 0.5) is 0 Å². The van der Waals surface area contributed by atoms with Crippen molar-refractivity contribution in [1.82, 2.24) is 14.8 Å². The van der Waals surface area contributed by atoms with Crippen molar-refractivity contribution in [3.05, 3.63) is 27.7 Å². The number of hydrogen-bond donors (Lipinski definition) is 2. The number of esters is 1. The van der Waals surface area contributed by atoms with Gasteiger partial charge in [-0.3, -0.25) is 24.1 Å². The number of nitrogens with zero attached hydrogens (tertiary/aromatic N) is 3. The van der Waals surface area contributed by atoms with Crippen LogP contribution < -0.4 is 0 Å². The molecule has 10 nitrogen and oxygen atoms in total. The number of Topliss-reactive ketones (excluding diaryl/α,β-unsaturated/α-hetero) is 1. The second-order valence-corrected chi connectivity index (χ2v) is 21.9. The van der Waals surface area contributed by atoms with Gasteiger partial charge in [-0.25, -0.2) is 4.98 Å². The zero-order valence-electron chi connectivity index (χ0n) is 36.0. The number of hydrogen-bond acceptors (Lipinski definition) is 9. The molecule has 4 saturated carbocycles. The van der Waals surface area contributed by atoms with E-state index >= 15 is 0 Å². The maximum atomic E-state index is 14.3. The summed E-state index contributed by atoms with van der Waals surface area (Å²) < 4.78 is 6.18. The number of allylic oxidation sites excluding steroid dienone is 1. The van der Waals surface area contributed by atoms with E-state index in [1.54, 1.807) is 50.4 Å². The van der Waals surface area contributed by atoms with E-state index < -0.39 is 28.9 Å². The number of ketones is 1. The first kappa shape index (κ1) is 43.0. The van der Waals surface area contributed by atoms with Crippen molar-refractivity contribution in [3.8, 4) is 0 Å². The number of carbonyl (C=O) groups is 4. The molecule has 1 heterocycles. The molecule has 6 rings (SSSR count). The first-order valence-electron chi connectivity index (χ1n) is 21.1. The zero-order valence-corrected chi connectivity index (χ0v) is 36.8. The molecule has 5 aliphatic rings. The summed E-state index contributed by atoms with van der Waals surface area (Å²) in [5.74, 6) is -0.279. The Morgan fingerprint density at radius 1 is 0.982 bits per heavy atom. The Labute approximate surface area is 339 Å². The van der Waals surface area contributed by atoms with E-state index in [0.29, 0.717) is 31.3 Å². The Bertz CT molecular complexity index is 1740.